The molecule has 0 aromatic carbocycles. The molecule has 0 radical (unpaired) electrons. The predicted octanol–water partition coefficient (Wildman–Crippen LogP) is 3.62. The largest absolute Gasteiger partial charge is 0.0953 e. The van der Waals surface area contributed by atoms with Gasteiger partial charge >= 0.3 is 0 Å². The molecule has 0 aromatic heterocycles. The van der Waals surface area contributed by atoms with Gasteiger partial charge in [-0.05, 0) is 39.2 Å². The van der Waals surface area contributed by atoms with E-state index in [-0.39, 0.29) is 0 Å². The molecular weight excluding hydrogens is 132 g/mol. The van der Waals surface area contributed by atoms with E-state index in [0.717, 1.165) is 12.8 Å². The van der Waals surface area contributed by atoms with Crippen LogP contribution in [0.2, 0.25) is 0 Å². The molecular formula is C11H16. The molecule has 0 spiro atoms. The van der Waals surface area contributed by atoms with Crippen LogP contribution in [0.1, 0.15) is 33.6 Å². The van der Waals surface area contributed by atoms with Crippen molar-refractivity contribution in [2.24, 2.45) is 0 Å². The Balaban J connectivity index is 2.87. The van der Waals surface area contributed by atoms with Crippen molar-refractivity contribution in [2.45, 2.75) is 33.6 Å². The molecule has 1 aliphatic carbocycles. The summed E-state index contributed by atoms with van der Waals surface area (Å²) in [6.07, 6.45) is 4.49. The molecule has 0 saturated carbocycles. The van der Waals surface area contributed by atoms with Gasteiger partial charge in [0.15, 0.2) is 0 Å². The number of rotatable bonds is 0. The van der Waals surface area contributed by atoms with Gasteiger partial charge in [-0.1, -0.05) is 29.4 Å². The molecule has 0 aromatic rings. The van der Waals surface area contributed by atoms with Gasteiger partial charge < -0.3 is 0 Å². The van der Waals surface area contributed by atoms with Crippen LogP contribution < -0.4 is 0 Å². The van der Waals surface area contributed by atoms with E-state index in [2.05, 4.69) is 33.4 Å². The third-order valence-electron chi connectivity index (χ3n) is 2.35. The Bertz CT molecular complexity index is 235. The van der Waals surface area contributed by atoms with Gasteiger partial charge in [0.2, 0.25) is 0 Å². The van der Waals surface area contributed by atoms with Crippen molar-refractivity contribution in [3.63, 3.8) is 0 Å². The fourth-order valence-electron chi connectivity index (χ4n) is 1.27. The van der Waals surface area contributed by atoms with Crippen molar-refractivity contribution < 1.29 is 0 Å². The van der Waals surface area contributed by atoms with Crippen LogP contribution in [0.5, 0.6) is 0 Å². The van der Waals surface area contributed by atoms with Crippen LogP contribution in [-0.4, -0.2) is 0 Å². The third-order valence-corrected chi connectivity index (χ3v) is 2.35. The van der Waals surface area contributed by atoms with Crippen LogP contribution in [0.3, 0.4) is 0 Å². The second-order valence-electron chi connectivity index (χ2n) is 3.48. The Morgan fingerprint density at radius 3 is 2.55 bits per heavy atom. The molecule has 0 amide bonds. The molecule has 0 aliphatic heterocycles. The lowest BCUT2D eigenvalue weighted by atomic mass is 9.89. The number of hydrogen-bond donors (Lipinski definition) is 0. The summed E-state index contributed by atoms with van der Waals surface area (Å²) in [5.41, 5.74) is 5.65. The van der Waals surface area contributed by atoms with E-state index >= 15 is 0 Å². The van der Waals surface area contributed by atoms with E-state index in [1.807, 2.05) is 0 Å². The average molecular weight is 148 g/mol. The highest BCUT2D eigenvalue weighted by molar-refractivity contribution is 5.37. The van der Waals surface area contributed by atoms with Gasteiger partial charge in [-0.25, -0.2) is 0 Å². The first kappa shape index (κ1) is 8.32. The zero-order valence-corrected chi connectivity index (χ0v) is 7.70. The van der Waals surface area contributed by atoms with Gasteiger partial charge in [-0.3, -0.25) is 0 Å². The van der Waals surface area contributed by atoms with Gasteiger partial charge in [0, 0.05) is 0 Å². The Kier molecular flexibility index (Phi) is 2.33. The van der Waals surface area contributed by atoms with Crippen LogP contribution in [0, 0.1) is 0 Å². The first-order valence-corrected chi connectivity index (χ1v) is 4.11. The highest BCUT2D eigenvalue weighted by Gasteiger charge is 2.08. The molecule has 0 atom stereocenters. The molecule has 1 aliphatic rings. The summed E-state index contributed by atoms with van der Waals surface area (Å²) in [6.45, 7) is 10.5. The number of hydrogen-bond acceptors (Lipinski definition) is 0. The minimum absolute atomic E-state index is 1.09. The summed E-state index contributed by atoms with van der Waals surface area (Å²) in [6, 6.07) is 0. The second kappa shape index (κ2) is 3.08. The first-order chi connectivity index (χ1) is 5.11. The van der Waals surface area contributed by atoms with Crippen molar-refractivity contribution in [2.75, 3.05) is 0 Å². The molecule has 0 nitrogen and oxygen atoms in total. The van der Waals surface area contributed by atoms with Crippen LogP contribution >= 0.6 is 0 Å². The summed E-state index contributed by atoms with van der Waals surface area (Å²) in [7, 11) is 0. The Morgan fingerprint density at radius 2 is 2.09 bits per heavy atom. The molecule has 60 valence electrons. The fraction of sp³-hybridized carbons (Fsp3) is 0.455. The quantitative estimate of drug-likeness (QED) is 0.460. The Morgan fingerprint density at radius 1 is 1.45 bits per heavy atom. The normalized spacial score (nSPS) is 18.3. The topological polar surface area (TPSA) is 0 Å². The molecule has 11 heavy (non-hydrogen) atoms. The highest BCUT2D eigenvalue weighted by atomic mass is 14.1. The van der Waals surface area contributed by atoms with E-state index < -0.39 is 0 Å². The monoisotopic (exact) mass is 148 g/mol. The highest BCUT2D eigenvalue weighted by Crippen LogP contribution is 2.28. The maximum Gasteiger partial charge on any atom is -0.00649 e. The smallest absolute Gasteiger partial charge is 0.00649 e. The lowest BCUT2D eigenvalue weighted by Crippen LogP contribution is -1.97. The van der Waals surface area contributed by atoms with Gasteiger partial charge in [0.05, 0.1) is 0 Å². The summed E-state index contributed by atoms with van der Waals surface area (Å²) >= 11 is 0. The van der Waals surface area contributed by atoms with Gasteiger partial charge in [0.1, 0.15) is 0 Å². The van der Waals surface area contributed by atoms with Crippen LogP contribution in [0.25, 0.3) is 0 Å². The van der Waals surface area contributed by atoms with Crippen molar-refractivity contribution >= 4 is 0 Å². The Labute approximate surface area is 69.3 Å². The van der Waals surface area contributed by atoms with Crippen molar-refractivity contribution in [1.29, 1.82) is 0 Å². The summed E-state index contributed by atoms with van der Waals surface area (Å²) in [4.78, 5) is 0. The fourth-order valence-corrected chi connectivity index (χ4v) is 1.27. The summed E-state index contributed by atoms with van der Waals surface area (Å²) in [5.74, 6) is 0. The molecule has 0 heteroatoms. The zero-order chi connectivity index (χ0) is 8.43. The summed E-state index contributed by atoms with van der Waals surface area (Å²) < 4.78 is 0. The molecule has 0 fully saturated rings. The molecule has 0 bridgehead atoms. The molecule has 0 unspecified atom stereocenters. The van der Waals surface area contributed by atoms with Crippen molar-refractivity contribution in [3.8, 4) is 0 Å². The van der Waals surface area contributed by atoms with E-state index in [1.165, 1.54) is 16.7 Å². The van der Waals surface area contributed by atoms with E-state index in [0.29, 0.717) is 0 Å². The van der Waals surface area contributed by atoms with Crippen LogP contribution in [0.15, 0.2) is 34.9 Å². The molecule has 0 saturated heterocycles. The third kappa shape index (κ3) is 1.83. The lowest BCUT2D eigenvalue weighted by molar-refractivity contribution is 0.967. The maximum atomic E-state index is 4.03. The maximum absolute atomic E-state index is 4.03. The molecule has 0 N–H and O–H groups in total. The van der Waals surface area contributed by atoms with E-state index in [1.54, 1.807) is 5.57 Å². The lowest BCUT2D eigenvalue weighted by Gasteiger charge is -2.16. The molecule has 0 heterocycles. The van der Waals surface area contributed by atoms with Gasteiger partial charge in [-0.2, -0.15) is 0 Å². The average Bonchev–Trinajstić information content (AvgIpc) is 1.94. The Hall–Kier alpha value is -0.780. The number of allylic oxidation sites excluding steroid dienone is 5. The predicted molar refractivity (Wildman–Crippen MR) is 50.5 cm³/mol. The van der Waals surface area contributed by atoms with Crippen LogP contribution in [-0.2, 0) is 0 Å². The summed E-state index contributed by atoms with van der Waals surface area (Å²) in [5, 5.41) is 0. The first-order valence-electron chi connectivity index (χ1n) is 4.11. The second-order valence-corrected chi connectivity index (χ2v) is 3.48. The minimum Gasteiger partial charge on any atom is -0.0953 e. The minimum atomic E-state index is 1.09. The van der Waals surface area contributed by atoms with Crippen molar-refractivity contribution in [1.82, 2.24) is 0 Å². The van der Waals surface area contributed by atoms with E-state index in [9.17, 15) is 0 Å². The van der Waals surface area contributed by atoms with Crippen LogP contribution in [0.4, 0.5) is 0 Å². The zero-order valence-electron chi connectivity index (χ0n) is 7.70. The molecule has 1 rings (SSSR count). The van der Waals surface area contributed by atoms with E-state index in [4.69, 9.17) is 0 Å². The SMILES string of the molecule is C=C1CC(=C(C)C)CC=C1C. The van der Waals surface area contributed by atoms with Gasteiger partial charge in [0.25, 0.3) is 0 Å². The standard InChI is InChI=1S/C11H16/c1-8(2)11-6-5-9(3)10(4)7-11/h5H,4,6-7H2,1-3H3. The van der Waals surface area contributed by atoms with Crippen molar-refractivity contribution in [3.05, 3.63) is 34.9 Å². The van der Waals surface area contributed by atoms with Gasteiger partial charge in [-0.15, -0.1) is 0 Å².